The lowest BCUT2D eigenvalue weighted by Gasteiger charge is -2.21. The SMILES string of the molecule is CCOC(=O)N(S(=O)(=O)c1ccc(C)cc1)S(=O)(=O)c1ccc(C)cc1. The Hall–Kier alpha value is -2.39. The van der Waals surface area contributed by atoms with Gasteiger partial charge < -0.3 is 4.74 Å². The van der Waals surface area contributed by atoms with E-state index in [-0.39, 0.29) is 20.1 Å². The number of sulfonamides is 2. The maximum Gasteiger partial charge on any atom is 0.438 e. The molecule has 2 aromatic rings. The number of carbonyl (C=O) groups is 1. The third-order valence-corrected chi connectivity index (χ3v) is 7.58. The zero-order valence-electron chi connectivity index (χ0n) is 14.5. The van der Waals surface area contributed by atoms with Crippen LogP contribution in [0.5, 0.6) is 0 Å². The molecule has 1 amide bonds. The summed E-state index contributed by atoms with van der Waals surface area (Å²) in [5.74, 6) is 0. The van der Waals surface area contributed by atoms with E-state index in [4.69, 9.17) is 4.74 Å². The molecule has 26 heavy (non-hydrogen) atoms. The van der Waals surface area contributed by atoms with Gasteiger partial charge in [-0.25, -0.2) is 4.79 Å². The van der Waals surface area contributed by atoms with Crippen molar-refractivity contribution in [3.63, 3.8) is 0 Å². The van der Waals surface area contributed by atoms with Crippen LogP contribution in [0.25, 0.3) is 0 Å². The highest BCUT2D eigenvalue weighted by Gasteiger charge is 2.42. The molecule has 9 heteroatoms. The normalized spacial score (nSPS) is 11.8. The van der Waals surface area contributed by atoms with E-state index >= 15 is 0 Å². The lowest BCUT2D eigenvalue weighted by atomic mass is 10.2. The molecule has 0 heterocycles. The summed E-state index contributed by atoms with van der Waals surface area (Å²) < 4.78 is 56.1. The first-order valence-corrected chi connectivity index (χ1v) is 10.6. The van der Waals surface area contributed by atoms with Crippen LogP contribution in [0.1, 0.15) is 18.1 Å². The molecule has 0 radical (unpaired) electrons. The van der Waals surface area contributed by atoms with Crippen LogP contribution in [-0.2, 0) is 24.8 Å². The van der Waals surface area contributed by atoms with Gasteiger partial charge in [-0.05, 0) is 45.0 Å². The second-order valence-electron chi connectivity index (χ2n) is 5.53. The number of rotatable bonds is 5. The molecule has 0 spiro atoms. The zero-order chi connectivity index (χ0) is 19.5. The van der Waals surface area contributed by atoms with Crippen molar-refractivity contribution in [2.24, 2.45) is 0 Å². The van der Waals surface area contributed by atoms with E-state index in [9.17, 15) is 21.6 Å². The van der Waals surface area contributed by atoms with Crippen LogP contribution < -0.4 is 0 Å². The van der Waals surface area contributed by atoms with E-state index in [2.05, 4.69) is 0 Å². The maximum absolute atomic E-state index is 12.9. The standard InChI is InChI=1S/C17H19NO6S2/c1-4-24-17(19)18(25(20,21)15-9-5-13(2)6-10-15)26(22,23)16-11-7-14(3)8-12-16/h5-12H,4H2,1-3H3. The van der Waals surface area contributed by atoms with Crippen LogP contribution in [0.15, 0.2) is 58.3 Å². The summed E-state index contributed by atoms with van der Waals surface area (Å²) in [6.07, 6.45) is -1.48. The summed E-state index contributed by atoms with van der Waals surface area (Å²) in [7, 11) is -9.37. The van der Waals surface area contributed by atoms with Gasteiger partial charge in [0, 0.05) is 0 Å². The fraction of sp³-hybridized carbons (Fsp3) is 0.235. The highest BCUT2D eigenvalue weighted by Crippen LogP contribution is 2.26. The average molecular weight is 397 g/mol. The summed E-state index contributed by atoms with van der Waals surface area (Å²) in [5.41, 5.74) is 1.57. The molecular formula is C17H19NO6S2. The largest absolute Gasteiger partial charge is 0.448 e. The molecule has 0 bridgehead atoms. The highest BCUT2D eigenvalue weighted by molar-refractivity contribution is 8.04. The molecule has 0 fully saturated rings. The highest BCUT2D eigenvalue weighted by atomic mass is 32.3. The van der Waals surface area contributed by atoms with Crippen molar-refractivity contribution in [2.45, 2.75) is 30.6 Å². The minimum absolute atomic E-state index is 0.178. The molecule has 0 unspecified atom stereocenters. The molecule has 0 aliphatic rings. The number of aryl methyl sites for hydroxylation is 2. The van der Waals surface area contributed by atoms with Crippen LogP contribution in [0.3, 0.4) is 0 Å². The number of hydrogen-bond donors (Lipinski definition) is 0. The molecule has 140 valence electrons. The van der Waals surface area contributed by atoms with Crippen molar-refractivity contribution < 1.29 is 26.4 Å². The zero-order valence-corrected chi connectivity index (χ0v) is 16.2. The molecule has 0 saturated carbocycles. The molecule has 0 saturated heterocycles. The molecule has 0 atom stereocenters. The monoisotopic (exact) mass is 397 g/mol. The Balaban J connectivity index is 2.65. The Morgan fingerprint density at radius 3 is 1.46 bits per heavy atom. The van der Waals surface area contributed by atoms with E-state index in [1.807, 2.05) is 0 Å². The Bertz CT molecular complexity index is 919. The minimum atomic E-state index is -4.68. The van der Waals surface area contributed by atoms with Crippen molar-refractivity contribution in [1.82, 2.24) is 3.71 Å². The smallest absolute Gasteiger partial charge is 0.438 e. The molecule has 0 N–H and O–H groups in total. The molecule has 7 nitrogen and oxygen atoms in total. The minimum Gasteiger partial charge on any atom is -0.448 e. The van der Waals surface area contributed by atoms with E-state index in [1.165, 1.54) is 55.5 Å². The topological polar surface area (TPSA) is 97.8 Å². The van der Waals surface area contributed by atoms with E-state index in [0.29, 0.717) is 0 Å². The second kappa shape index (κ2) is 7.46. The average Bonchev–Trinajstić information content (AvgIpc) is 2.55. The van der Waals surface area contributed by atoms with Gasteiger partial charge >= 0.3 is 6.09 Å². The molecule has 0 aromatic heterocycles. The van der Waals surface area contributed by atoms with Crippen LogP contribution in [0.4, 0.5) is 4.79 Å². The molecule has 0 aliphatic heterocycles. The van der Waals surface area contributed by atoms with Crippen molar-refractivity contribution in [3.8, 4) is 0 Å². The summed E-state index contributed by atoms with van der Waals surface area (Å²) in [5, 5.41) is 0. The van der Waals surface area contributed by atoms with Gasteiger partial charge in [0.25, 0.3) is 20.0 Å². The first-order chi connectivity index (χ1) is 12.1. The predicted octanol–water partition coefficient (Wildman–Crippen LogP) is 2.84. The molecule has 0 aliphatic carbocycles. The van der Waals surface area contributed by atoms with Crippen LogP contribution >= 0.6 is 0 Å². The van der Waals surface area contributed by atoms with Gasteiger partial charge in [0.15, 0.2) is 0 Å². The van der Waals surface area contributed by atoms with E-state index in [1.54, 1.807) is 13.8 Å². The van der Waals surface area contributed by atoms with Gasteiger partial charge in [0.1, 0.15) is 0 Å². The number of hydrogen-bond acceptors (Lipinski definition) is 6. The first-order valence-electron chi connectivity index (χ1n) is 7.71. The Morgan fingerprint density at radius 1 is 0.808 bits per heavy atom. The number of nitrogens with zero attached hydrogens (tertiary/aromatic N) is 1. The van der Waals surface area contributed by atoms with Crippen molar-refractivity contribution >= 4 is 26.1 Å². The van der Waals surface area contributed by atoms with Gasteiger partial charge in [0.05, 0.1) is 16.4 Å². The summed E-state index contributed by atoms with van der Waals surface area (Å²) in [4.78, 5) is 11.6. The van der Waals surface area contributed by atoms with E-state index in [0.717, 1.165) is 11.1 Å². The van der Waals surface area contributed by atoms with Gasteiger partial charge in [-0.1, -0.05) is 39.1 Å². The van der Waals surface area contributed by atoms with Gasteiger partial charge in [0.2, 0.25) is 0 Å². The Morgan fingerprint density at radius 2 is 1.15 bits per heavy atom. The lowest BCUT2D eigenvalue weighted by molar-refractivity contribution is 0.145. The maximum atomic E-state index is 12.9. The number of benzene rings is 2. The van der Waals surface area contributed by atoms with Crippen LogP contribution in [0, 0.1) is 13.8 Å². The quantitative estimate of drug-likeness (QED) is 0.769. The molecule has 2 aromatic carbocycles. The summed E-state index contributed by atoms with van der Waals surface area (Å²) >= 11 is 0. The molecule has 2 rings (SSSR count). The second-order valence-corrected chi connectivity index (χ2v) is 9.34. The number of ether oxygens (including phenoxy) is 1. The van der Waals surface area contributed by atoms with Crippen LogP contribution in [-0.4, -0.2) is 33.2 Å². The Labute approximate surface area is 153 Å². The lowest BCUT2D eigenvalue weighted by Crippen LogP contribution is -2.42. The Kier molecular flexibility index (Phi) is 5.72. The van der Waals surface area contributed by atoms with Gasteiger partial charge in [-0.15, -0.1) is 0 Å². The van der Waals surface area contributed by atoms with Crippen LogP contribution in [0.2, 0.25) is 0 Å². The van der Waals surface area contributed by atoms with Gasteiger partial charge in [-0.2, -0.15) is 16.8 Å². The van der Waals surface area contributed by atoms with Gasteiger partial charge in [-0.3, -0.25) is 0 Å². The fourth-order valence-electron chi connectivity index (χ4n) is 2.11. The first kappa shape index (κ1) is 19.9. The van der Waals surface area contributed by atoms with E-state index < -0.39 is 26.1 Å². The van der Waals surface area contributed by atoms with Crippen molar-refractivity contribution in [3.05, 3.63) is 59.7 Å². The number of carbonyl (C=O) groups excluding carboxylic acids is 1. The summed E-state index contributed by atoms with van der Waals surface area (Å²) in [6, 6.07) is 11.0. The fourth-order valence-corrected chi connectivity index (χ4v) is 5.50. The van der Waals surface area contributed by atoms with Crippen molar-refractivity contribution in [1.29, 1.82) is 0 Å². The van der Waals surface area contributed by atoms with Crippen molar-refractivity contribution in [2.75, 3.05) is 6.61 Å². The summed E-state index contributed by atoms with van der Waals surface area (Å²) in [6.45, 7) is 4.78. The molecular weight excluding hydrogens is 378 g/mol. The predicted molar refractivity (Wildman–Crippen MR) is 95.6 cm³/mol. The third-order valence-electron chi connectivity index (χ3n) is 3.49. The third kappa shape index (κ3) is 3.88. The number of amides is 1.